The summed E-state index contributed by atoms with van der Waals surface area (Å²) >= 11 is 0. The van der Waals surface area contributed by atoms with E-state index in [4.69, 9.17) is 9.15 Å². The highest BCUT2D eigenvalue weighted by atomic mass is 16.5. The minimum atomic E-state index is -0.540. The van der Waals surface area contributed by atoms with Gasteiger partial charge in [-0.1, -0.05) is 0 Å². The van der Waals surface area contributed by atoms with E-state index in [1.807, 2.05) is 49.6 Å². The first-order valence-corrected chi connectivity index (χ1v) is 9.94. The molecule has 0 bridgehead atoms. The maximum atomic E-state index is 12.7. The number of ketones is 1. The molecule has 0 atom stereocenters. The van der Waals surface area contributed by atoms with Crippen LogP contribution in [-0.2, 0) is 11.3 Å². The second kappa shape index (κ2) is 8.47. The number of ether oxygens (including phenoxy) is 1. The number of rotatable bonds is 7. The van der Waals surface area contributed by atoms with Gasteiger partial charge in [0.05, 0.1) is 24.1 Å². The fourth-order valence-electron chi connectivity index (χ4n) is 3.56. The smallest absolute Gasteiger partial charge is 0.338 e. The molecule has 0 saturated carbocycles. The topological polar surface area (TPSA) is 79.3 Å². The van der Waals surface area contributed by atoms with E-state index in [1.54, 1.807) is 41.4 Å². The first kappa shape index (κ1) is 20.4. The maximum absolute atomic E-state index is 12.7. The first-order chi connectivity index (χ1) is 14.9. The molecule has 7 nitrogen and oxygen atoms in total. The molecule has 0 aliphatic heterocycles. The Labute approximate surface area is 179 Å². The predicted molar refractivity (Wildman–Crippen MR) is 115 cm³/mol. The summed E-state index contributed by atoms with van der Waals surface area (Å²) < 4.78 is 14.5. The average Bonchev–Trinajstić information content (AvgIpc) is 3.50. The summed E-state index contributed by atoms with van der Waals surface area (Å²) in [5.41, 5.74) is 4.51. The molecule has 31 heavy (non-hydrogen) atoms. The lowest BCUT2D eigenvalue weighted by molar-refractivity contribution is 0.0474. The Balaban J connectivity index is 1.40. The van der Waals surface area contributed by atoms with Gasteiger partial charge in [-0.3, -0.25) is 4.79 Å². The molecule has 0 aliphatic carbocycles. The Morgan fingerprint density at radius 2 is 1.81 bits per heavy atom. The summed E-state index contributed by atoms with van der Waals surface area (Å²) in [5, 5.41) is 4.24. The SMILES string of the molecule is Cc1ccnn1-c1ccc(C(=O)OCC(=O)c2cc(C)n(Cc3ccco3)c2C)cc1. The number of nitrogens with zero attached hydrogens (tertiary/aromatic N) is 3. The molecule has 0 saturated heterocycles. The van der Waals surface area contributed by atoms with Gasteiger partial charge in [0.25, 0.3) is 0 Å². The lowest BCUT2D eigenvalue weighted by atomic mass is 10.1. The number of aryl methyl sites for hydroxylation is 2. The quantitative estimate of drug-likeness (QED) is 0.331. The first-order valence-electron chi connectivity index (χ1n) is 9.94. The Morgan fingerprint density at radius 3 is 2.45 bits per heavy atom. The molecule has 0 radical (unpaired) electrons. The van der Waals surface area contributed by atoms with Crippen molar-refractivity contribution < 1.29 is 18.7 Å². The van der Waals surface area contributed by atoms with E-state index in [2.05, 4.69) is 5.10 Å². The van der Waals surface area contributed by atoms with E-state index >= 15 is 0 Å². The summed E-state index contributed by atoms with van der Waals surface area (Å²) in [7, 11) is 0. The molecule has 0 amide bonds. The molecule has 3 aromatic heterocycles. The molecule has 4 aromatic rings. The average molecular weight is 417 g/mol. The molecule has 158 valence electrons. The molecular formula is C24H23N3O4. The van der Waals surface area contributed by atoms with Crippen molar-refractivity contribution in [1.82, 2.24) is 14.3 Å². The van der Waals surface area contributed by atoms with Gasteiger partial charge in [0.2, 0.25) is 5.78 Å². The molecule has 0 fully saturated rings. The van der Waals surface area contributed by atoms with Crippen molar-refractivity contribution in [3.05, 3.63) is 95.0 Å². The zero-order chi connectivity index (χ0) is 22.0. The highest BCUT2D eigenvalue weighted by molar-refractivity contribution is 6.00. The van der Waals surface area contributed by atoms with Crippen LogP contribution in [0.4, 0.5) is 0 Å². The lowest BCUT2D eigenvalue weighted by Crippen LogP contribution is -2.15. The molecule has 7 heteroatoms. The summed E-state index contributed by atoms with van der Waals surface area (Å²) in [4.78, 5) is 25.1. The van der Waals surface area contributed by atoms with Crippen molar-refractivity contribution in [2.45, 2.75) is 27.3 Å². The third kappa shape index (κ3) is 4.21. The van der Waals surface area contributed by atoms with Crippen molar-refractivity contribution in [2.75, 3.05) is 6.61 Å². The Hall–Kier alpha value is -3.87. The monoisotopic (exact) mass is 417 g/mol. The molecule has 3 heterocycles. The zero-order valence-corrected chi connectivity index (χ0v) is 17.7. The number of carbonyl (C=O) groups is 2. The Kier molecular flexibility index (Phi) is 5.58. The summed E-state index contributed by atoms with van der Waals surface area (Å²) in [6.07, 6.45) is 3.34. The van der Waals surface area contributed by atoms with Crippen LogP contribution in [0.25, 0.3) is 5.69 Å². The largest absolute Gasteiger partial charge is 0.467 e. The van der Waals surface area contributed by atoms with Gasteiger partial charge < -0.3 is 13.7 Å². The number of aromatic nitrogens is 3. The third-order valence-electron chi connectivity index (χ3n) is 5.28. The number of hydrogen-bond acceptors (Lipinski definition) is 5. The van der Waals surface area contributed by atoms with Crippen molar-refractivity contribution >= 4 is 11.8 Å². The molecule has 4 rings (SSSR count). The molecule has 0 spiro atoms. The van der Waals surface area contributed by atoms with E-state index in [9.17, 15) is 9.59 Å². The van der Waals surface area contributed by atoms with Crippen molar-refractivity contribution in [3.8, 4) is 5.69 Å². The van der Waals surface area contributed by atoms with Crippen LogP contribution in [0, 0.1) is 20.8 Å². The van der Waals surface area contributed by atoms with Crippen LogP contribution in [0.2, 0.25) is 0 Å². The van der Waals surface area contributed by atoms with Crippen LogP contribution >= 0.6 is 0 Å². The highest BCUT2D eigenvalue weighted by Crippen LogP contribution is 2.19. The van der Waals surface area contributed by atoms with Crippen LogP contribution < -0.4 is 0 Å². The molecule has 0 N–H and O–H groups in total. The number of carbonyl (C=O) groups excluding carboxylic acids is 2. The van der Waals surface area contributed by atoms with Crippen LogP contribution in [0.1, 0.15) is 43.6 Å². The van der Waals surface area contributed by atoms with Gasteiger partial charge in [-0.05, 0) is 69.3 Å². The fourth-order valence-corrected chi connectivity index (χ4v) is 3.56. The van der Waals surface area contributed by atoms with Crippen LogP contribution in [0.3, 0.4) is 0 Å². The second-order valence-corrected chi connectivity index (χ2v) is 7.38. The van der Waals surface area contributed by atoms with E-state index in [0.29, 0.717) is 17.7 Å². The van der Waals surface area contributed by atoms with Gasteiger partial charge in [-0.25, -0.2) is 9.48 Å². The summed E-state index contributed by atoms with van der Waals surface area (Å²) in [5.74, 6) is 0.0263. The third-order valence-corrected chi connectivity index (χ3v) is 5.28. The zero-order valence-electron chi connectivity index (χ0n) is 17.7. The van der Waals surface area contributed by atoms with Crippen LogP contribution in [-0.4, -0.2) is 32.7 Å². The van der Waals surface area contributed by atoms with Crippen molar-refractivity contribution in [1.29, 1.82) is 0 Å². The number of hydrogen-bond donors (Lipinski definition) is 0. The fraction of sp³-hybridized carbons (Fsp3) is 0.208. The Bertz CT molecular complexity index is 1210. The number of furan rings is 1. The minimum Gasteiger partial charge on any atom is -0.467 e. The molecule has 0 aliphatic rings. The van der Waals surface area contributed by atoms with E-state index in [-0.39, 0.29) is 12.4 Å². The number of esters is 1. The molecule has 0 unspecified atom stereocenters. The van der Waals surface area contributed by atoms with Gasteiger partial charge in [-0.2, -0.15) is 5.10 Å². The van der Waals surface area contributed by atoms with Gasteiger partial charge in [0, 0.05) is 28.8 Å². The van der Waals surface area contributed by atoms with E-state index in [0.717, 1.165) is 28.5 Å². The van der Waals surface area contributed by atoms with Gasteiger partial charge in [0.1, 0.15) is 5.76 Å². The molecule has 1 aromatic carbocycles. The van der Waals surface area contributed by atoms with Crippen molar-refractivity contribution in [3.63, 3.8) is 0 Å². The minimum absolute atomic E-state index is 0.240. The summed E-state index contributed by atoms with van der Waals surface area (Å²) in [6.45, 7) is 5.98. The standard InChI is InChI=1S/C24H23N3O4/c1-16-10-11-25-27(16)20-8-6-19(7-9-20)24(29)31-15-23(28)22-13-17(2)26(18(22)3)14-21-5-4-12-30-21/h4-13H,14-15H2,1-3H3. The summed E-state index contributed by atoms with van der Waals surface area (Å²) in [6, 6.07) is 14.4. The number of benzene rings is 1. The maximum Gasteiger partial charge on any atom is 0.338 e. The van der Waals surface area contributed by atoms with Crippen LogP contribution in [0.5, 0.6) is 0 Å². The molecular weight excluding hydrogens is 394 g/mol. The normalized spacial score (nSPS) is 10.9. The second-order valence-electron chi connectivity index (χ2n) is 7.38. The van der Waals surface area contributed by atoms with E-state index in [1.165, 1.54) is 0 Å². The van der Waals surface area contributed by atoms with E-state index < -0.39 is 5.97 Å². The van der Waals surface area contributed by atoms with Crippen LogP contribution in [0.15, 0.2) is 65.4 Å². The Morgan fingerprint density at radius 1 is 1.03 bits per heavy atom. The number of Topliss-reactive ketones (excluding diaryl/α,β-unsaturated/α-hetero) is 1. The van der Waals surface area contributed by atoms with Gasteiger partial charge in [0.15, 0.2) is 6.61 Å². The van der Waals surface area contributed by atoms with Crippen molar-refractivity contribution in [2.24, 2.45) is 0 Å². The highest BCUT2D eigenvalue weighted by Gasteiger charge is 2.18. The van der Waals surface area contributed by atoms with Gasteiger partial charge >= 0.3 is 5.97 Å². The van der Waals surface area contributed by atoms with Gasteiger partial charge in [-0.15, -0.1) is 0 Å². The predicted octanol–water partition coefficient (Wildman–Crippen LogP) is 4.28. The lowest BCUT2D eigenvalue weighted by Gasteiger charge is -2.08.